The van der Waals surface area contributed by atoms with Crippen molar-refractivity contribution < 1.29 is 18.9 Å². The Morgan fingerprint density at radius 1 is 1.03 bits per heavy atom. The molecule has 0 aliphatic rings. The third kappa shape index (κ3) is 5.18. The van der Waals surface area contributed by atoms with Crippen LogP contribution in [0.3, 0.4) is 0 Å². The van der Waals surface area contributed by atoms with E-state index in [1.807, 2.05) is 30.3 Å². The van der Waals surface area contributed by atoms with E-state index < -0.39 is 10.8 Å². The van der Waals surface area contributed by atoms with Crippen molar-refractivity contribution in [3.05, 3.63) is 117 Å². The van der Waals surface area contributed by atoms with Crippen molar-refractivity contribution in [2.75, 3.05) is 0 Å². The maximum Gasteiger partial charge on any atom is 0.275 e. The lowest BCUT2D eigenvalue weighted by molar-refractivity contribution is -0.385. The average molecular weight is 455 g/mol. The van der Waals surface area contributed by atoms with Crippen molar-refractivity contribution in [3.8, 4) is 17.1 Å². The number of nitro benzene ring substituents is 1. The topological polar surface area (TPSA) is 107 Å². The summed E-state index contributed by atoms with van der Waals surface area (Å²) in [6.45, 7) is 2.00. The summed E-state index contributed by atoms with van der Waals surface area (Å²) < 4.78 is 11.6. The van der Waals surface area contributed by atoms with Gasteiger partial charge in [-0.25, -0.2) is 5.43 Å². The molecule has 0 aliphatic heterocycles. The first kappa shape index (κ1) is 22.5. The van der Waals surface area contributed by atoms with E-state index in [-0.39, 0.29) is 5.69 Å². The maximum atomic E-state index is 12.6. The Morgan fingerprint density at radius 2 is 1.79 bits per heavy atom. The third-order valence-corrected chi connectivity index (χ3v) is 5.12. The molecular weight excluding hydrogens is 434 g/mol. The quantitative estimate of drug-likeness (QED) is 0.214. The Morgan fingerprint density at radius 3 is 2.59 bits per heavy atom. The first-order valence-electron chi connectivity index (χ1n) is 10.5. The van der Waals surface area contributed by atoms with Crippen LogP contribution < -0.4 is 10.2 Å². The summed E-state index contributed by atoms with van der Waals surface area (Å²) in [5.74, 6) is 0.866. The van der Waals surface area contributed by atoms with Crippen LogP contribution in [-0.4, -0.2) is 17.0 Å². The summed E-state index contributed by atoms with van der Waals surface area (Å²) in [4.78, 5) is 23.4. The van der Waals surface area contributed by atoms with Crippen molar-refractivity contribution >= 4 is 17.8 Å². The highest BCUT2D eigenvalue weighted by Crippen LogP contribution is 2.30. The lowest BCUT2D eigenvalue weighted by Crippen LogP contribution is -2.18. The minimum Gasteiger partial charge on any atom is -0.488 e. The van der Waals surface area contributed by atoms with Crippen LogP contribution in [0.15, 0.2) is 94.4 Å². The second-order valence-electron chi connectivity index (χ2n) is 7.38. The van der Waals surface area contributed by atoms with Gasteiger partial charge in [-0.2, -0.15) is 5.10 Å². The lowest BCUT2D eigenvalue weighted by atomic mass is 10.1. The molecule has 3 aromatic carbocycles. The highest BCUT2D eigenvalue weighted by Gasteiger charge is 2.16. The second-order valence-corrected chi connectivity index (χ2v) is 7.38. The normalized spacial score (nSPS) is 10.9. The second kappa shape index (κ2) is 10.3. The Labute approximate surface area is 195 Å². The number of carbonyl (C=O) groups is 1. The van der Waals surface area contributed by atoms with Crippen LogP contribution in [0.25, 0.3) is 11.3 Å². The molecule has 1 N–H and O–H groups in total. The number of nitro groups is 1. The van der Waals surface area contributed by atoms with E-state index in [0.29, 0.717) is 40.6 Å². The smallest absolute Gasteiger partial charge is 0.275 e. The van der Waals surface area contributed by atoms with Gasteiger partial charge in [-0.15, -0.1) is 0 Å². The first-order chi connectivity index (χ1) is 16.5. The summed E-state index contributed by atoms with van der Waals surface area (Å²) in [5, 5.41) is 15.1. The van der Waals surface area contributed by atoms with Gasteiger partial charge >= 0.3 is 0 Å². The zero-order valence-corrected chi connectivity index (χ0v) is 18.3. The van der Waals surface area contributed by atoms with Crippen molar-refractivity contribution in [2.24, 2.45) is 5.10 Å². The van der Waals surface area contributed by atoms with Crippen LogP contribution in [-0.2, 0) is 6.61 Å². The predicted octanol–water partition coefficient (Wildman–Crippen LogP) is 5.51. The van der Waals surface area contributed by atoms with Crippen molar-refractivity contribution in [1.29, 1.82) is 0 Å². The summed E-state index contributed by atoms with van der Waals surface area (Å²) in [7, 11) is 0. The van der Waals surface area contributed by atoms with Crippen LogP contribution in [0.1, 0.15) is 27.2 Å². The lowest BCUT2D eigenvalue weighted by Gasteiger charge is -2.10. The fourth-order valence-electron chi connectivity index (χ4n) is 3.39. The van der Waals surface area contributed by atoms with Gasteiger partial charge in [0.1, 0.15) is 23.9 Å². The molecule has 0 bridgehead atoms. The van der Waals surface area contributed by atoms with Gasteiger partial charge in [-0.05, 0) is 36.8 Å². The van der Waals surface area contributed by atoms with E-state index in [2.05, 4.69) is 10.5 Å². The Kier molecular flexibility index (Phi) is 6.78. The molecule has 0 radical (unpaired) electrons. The van der Waals surface area contributed by atoms with Crippen LogP contribution in [0.4, 0.5) is 5.69 Å². The van der Waals surface area contributed by atoms with E-state index >= 15 is 0 Å². The molecule has 4 aromatic rings. The number of nitrogens with zero attached hydrogens (tertiary/aromatic N) is 2. The summed E-state index contributed by atoms with van der Waals surface area (Å²) >= 11 is 0. The van der Waals surface area contributed by atoms with E-state index in [0.717, 1.165) is 5.56 Å². The number of para-hydroxylation sites is 1. The highest BCUT2D eigenvalue weighted by molar-refractivity contribution is 5.97. The molecule has 8 heteroatoms. The zero-order chi connectivity index (χ0) is 23.9. The van der Waals surface area contributed by atoms with Crippen LogP contribution in [0, 0.1) is 17.0 Å². The maximum absolute atomic E-state index is 12.6. The molecular formula is C26H21N3O5. The molecule has 170 valence electrons. The monoisotopic (exact) mass is 455 g/mol. The molecule has 1 amide bonds. The van der Waals surface area contributed by atoms with E-state index in [1.165, 1.54) is 12.3 Å². The molecule has 4 rings (SSSR count). The van der Waals surface area contributed by atoms with E-state index in [1.54, 1.807) is 55.5 Å². The number of benzene rings is 3. The minimum absolute atomic E-state index is 0.0181. The fraction of sp³-hybridized carbons (Fsp3) is 0.0769. The highest BCUT2D eigenvalue weighted by atomic mass is 16.6. The van der Waals surface area contributed by atoms with Gasteiger partial charge in [0.05, 0.1) is 16.7 Å². The van der Waals surface area contributed by atoms with Gasteiger partial charge in [0, 0.05) is 17.2 Å². The predicted molar refractivity (Wildman–Crippen MR) is 128 cm³/mol. The number of ether oxygens (including phenoxy) is 1. The molecule has 0 fully saturated rings. The number of hydrazone groups is 1. The minimum atomic E-state index is -0.429. The van der Waals surface area contributed by atoms with Gasteiger partial charge in [0.2, 0.25) is 0 Å². The Bertz CT molecular complexity index is 1350. The van der Waals surface area contributed by atoms with Crippen LogP contribution in [0.2, 0.25) is 0 Å². The number of hydrogen-bond acceptors (Lipinski definition) is 6. The zero-order valence-electron chi connectivity index (χ0n) is 18.3. The van der Waals surface area contributed by atoms with Crippen molar-refractivity contribution in [1.82, 2.24) is 5.43 Å². The third-order valence-electron chi connectivity index (χ3n) is 5.12. The number of hydrogen-bond donors (Lipinski definition) is 1. The molecule has 1 heterocycles. The first-order valence-corrected chi connectivity index (χ1v) is 10.5. The molecule has 0 saturated carbocycles. The van der Waals surface area contributed by atoms with Gasteiger partial charge in [0.25, 0.3) is 11.6 Å². The SMILES string of the molecule is Cc1c(-c2ccc(/C=N/NC(=O)c3ccccc3OCc3ccccc3)o2)cccc1[N+](=O)[O-]. The number of nitrogens with one attached hydrogen (secondary N) is 1. The van der Waals surface area contributed by atoms with E-state index in [4.69, 9.17) is 9.15 Å². The van der Waals surface area contributed by atoms with E-state index in [9.17, 15) is 14.9 Å². The largest absolute Gasteiger partial charge is 0.488 e. The summed E-state index contributed by atoms with van der Waals surface area (Å²) in [6, 6.07) is 24.7. The molecule has 0 unspecified atom stereocenters. The van der Waals surface area contributed by atoms with Crippen LogP contribution >= 0.6 is 0 Å². The van der Waals surface area contributed by atoms with Crippen molar-refractivity contribution in [3.63, 3.8) is 0 Å². The standard InChI is InChI=1S/C26H21N3O5/c1-18-21(11-7-12-23(18)29(31)32)25-15-14-20(34-25)16-27-28-26(30)22-10-5-6-13-24(22)33-17-19-8-3-2-4-9-19/h2-16H,17H2,1H3,(H,28,30)/b27-16+. The van der Waals surface area contributed by atoms with Crippen molar-refractivity contribution in [2.45, 2.75) is 13.5 Å². The number of carbonyl (C=O) groups excluding carboxylic acids is 1. The molecule has 8 nitrogen and oxygen atoms in total. The molecule has 0 aliphatic carbocycles. The van der Waals surface area contributed by atoms with Gasteiger partial charge in [-0.3, -0.25) is 14.9 Å². The van der Waals surface area contributed by atoms with Gasteiger partial charge in [0.15, 0.2) is 0 Å². The molecule has 34 heavy (non-hydrogen) atoms. The number of amides is 1. The Hall–Kier alpha value is -4.72. The molecule has 0 atom stereocenters. The molecule has 0 spiro atoms. The fourth-order valence-corrected chi connectivity index (χ4v) is 3.39. The van der Waals surface area contributed by atoms with Gasteiger partial charge in [-0.1, -0.05) is 54.6 Å². The number of furan rings is 1. The Balaban J connectivity index is 1.42. The van der Waals surface area contributed by atoms with Crippen LogP contribution in [0.5, 0.6) is 5.75 Å². The number of rotatable bonds is 8. The molecule has 1 aromatic heterocycles. The van der Waals surface area contributed by atoms with Gasteiger partial charge < -0.3 is 9.15 Å². The summed E-state index contributed by atoms with van der Waals surface area (Å²) in [5.41, 5.74) is 4.95. The average Bonchev–Trinajstić information content (AvgIpc) is 3.32. The summed E-state index contributed by atoms with van der Waals surface area (Å²) in [6.07, 6.45) is 1.36. The molecule has 0 saturated heterocycles.